The minimum absolute atomic E-state index is 0. The summed E-state index contributed by atoms with van der Waals surface area (Å²) in [5.74, 6) is 0. The average molecular weight is 276 g/mol. The third-order valence-electron chi connectivity index (χ3n) is 3.03. The summed E-state index contributed by atoms with van der Waals surface area (Å²) in [6.07, 6.45) is 8.39. The molecule has 1 aromatic rings. The van der Waals surface area contributed by atoms with Gasteiger partial charge in [-0.05, 0) is 30.5 Å². The van der Waals surface area contributed by atoms with Gasteiger partial charge >= 0.3 is 18.9 Å². The largest absolute Gasteiger partial charge is 1.00 e. The molecule has 0 bridgehead atoms. The third kappa shape index (κ3) is 7.79. The van der Waals surface area contributed by atoms with Crippen molar-refractivity contribution in [3.63, 3.8) is 0 Å². The van der Waals surface area contributed by atoms with Crippen LogP contribution in [0, 0.1) is 0 Å². The minimum atomic E-state index is -4.31. The van der Waals surface area contributed by atoms with Crippen LogP contribution in [-0.2, 0) is 16.5 Å². The smallest absolute Gasteiger partial charge is 0.744 e. The van der Waals surface area contributed by atoms with Crippen LogP contribution in [0.4, 0.5) is 0 Å². The summed E-state index contributed by atoms with van der Waals surface area (Å²) >= 11 is 0. The van der Waals surface area contributed by atoms with Gasteiger partial charge < -0.3 is 4.55 Å². The van der Waals surface area contributed by atoms with Crippen molar-refractivity contribution >= 4 is 10.1 Å². The third-order valence-corrected chi connectivity index (χ3v) is 3.88. The van der Waals surface area contributed by atoms with Crippen molar-refractivity contribution in [2.45, 2.75) is 56.8 Å². The standard InChI is InChI=1S/C14H22O3S.Li/c1-2-3-4-5-6-7-8-13-9-11-14(12-10-13)18(15,16)17;/h9-12H,2-8H2,1H3,(H,15,16,17);/q;+1/p-1. The van der Waals surface area contributed by atoms with Gasteiger partial charge in [0.1, 0.15) is 10.1 Å². The van der Waals surface area contributed by atoms with E-state index in [2.05, 4.69) is 6.92 Å². The average Bonchev–Trinajstić information content (AvgIpc) is 2.33. The summed E-state index contributed by atoms with van der Waals surface area (Å²) in [6.45, 7) is 2.20. The molecule has 19 heavy (non-hydrogen) atoms. The van der Waals surface area contributed by atoms with E-state index < -0.39 is 10.1 Å². The fourth-order valence-electron chi connectivity index (χ4n) is 1.93. The fourth-order valence-corrected chi connectivity index (χ4v) is 2.40. The molecule has 0 spiro atoms. The van der Waals surface area contributed by atoms with Gasteiger partial charge in [0.15, 0.2) is 0 Å². The molecule has 0 unspecified atom stereocenters. The van der Waals surface area contributed by atoms with E-state index in [1.807, 2.05) is 0 Å². The van der Waals surface area contributed by atoms with Crippen molar-refractivity contribution in [2.75, 3.05) is 0 Å². The summed E-state index contributed by atoms with van der Waals surface area (Å²) in [4.78, 5) is -0.144. The van der Waals surface area contributed by atoms with Crippen LogP contribution in [0.3, 0.4) is 0 Å². The molecule has 3 nitrogen and oxygen atoms in total. The zero-order chi connectivity index (χ0) is 13.4. The second-order valence-corrected chi connectivity index (χ2v) is 6.00. The predicted molar refractivity (Wildman–Crippen MR) is 71.5 cm³/mol. The van der Waals surface area contributed by atoms with Crippen molar-refractivity contribution < 1.29 is 31.8 Å². The Morgan fingerprint density at radius 3 is 2.00 bits per heavy atom. The van der Waals surface area contributed by atoms with Gasteiger partial charge in [-0.3, -0.25) is 0 Å². The monoisotopic (exact) mass is 276 g/mol. The molecular formula is C14H21LiO3S. The van der Waals surface area contributed by atoms with Crippen LogP contribution in [0.25, 0.3) is 0 Å². The summed E-state index contributed by atoms with van der Waals surface area (Å²) in [7, 11) is -4.31. The van der Waals surface area contributed by atoms with Crippen molar-refractivity contribution in [1.29, 1.82) is 0 Å². The summed E-state index contributed by atoms with van der Waals surface area (Å²) in [5.41, 5.74) is 1.10. The van der Waals surface area contributed by atoms with Gasteiger partial charge in [-0.15, -0.1) is 0 Å². The Labute approximate surface area is 128 Å². The minimum Gasteiger partial charge on any atom is -0.744 e. The summed E-state index contributed by atoms with van der Waals surface area (Å²) in [6, 6.07) is 6.26. The molecule has 0 aromatic heterocycles. The number of unbranched alkanes of at least 4 members (excludes halogenated alkanes) is 5. The Morgan fingerprint density at radius 1 is 0.947 bits per heavy atom. The van der Waals surface area contributed by atoms with Gasteiger partial charge in [-0.1, -0.05) is 51.2 Å². The van der Waals surface area contributed by atoms with E-state index in [1.54, 1.807) is 12.1 Å². The Hall–Kier alpha value is -0.273. The van der Waals surface area contributed by atoms with E-state index in [0.29, 0.717) is 0 Å². The molecule has 5 heteroatoms. The first-order valence-electron chi connectivity index (χ1n) is 6.59. The molecule has 1 aromatic carbocycles. The number of aryl methyl sites for hydroxylation is 1. The van der Waals surface area contributed by atoms with Gasteiger partial charge in [0.25, 0.3) is 0 Å². The molecule has 0 radical (unpaired) electrons. The van der Waals surface area contributed by atoms with Crippen molar-refractivity contribution in [3.8, 4) is 0 Å². The summed E-state index contributed by atoms with van der Waals surface area (Å²) < 4.78 is 32.2. The second-order valence-electron chi connectivity index (χ2n) is 4.62. The van der Waals surface area contributed by atoms with E-state index in [1.165, 1.54) is 44.2 Å². The Morgan fingerprint density at radius 2 is 1.47 bits per heavy atom. The van der Waals surface area contributed by atoms with Crippen molar-refractivity contribution in [2.24, 2.45) is 0 Å². The Bertz CT molecular complexity index is 440. The van der Waals surface area contributed by atoms with Crippen LogP contribution >= 0.6 is 0 Å². The number of hydrogen-bond donors (Lipinski definition) is 0. The molecule has 0 saturated heterocycles. The van der Waals surface area contributed by atoms with E-state index in [0.717, 1.165) is 18.4 Å². The van der Waals surface area contributed by atoms with Crippen LogP contribution in [0.2, 0.25) is 0 Å². The number of hydrogen-bond acceptors (Lipinski definition) is 3. The molecule has 0 saturated carbocycles. The first-order chi connectivity index (χ1) is 8.54. The van der Waals surface area contributed by atoms with Gasteiger partial charge in [0.05, 0.1) is 4.90 Å². The number of benzene rings is 1. The molecule has 0 aliphatic rings. The SMILES string of the molecule is CCCCCCCCc1ccc(S(=O)(=O)[O-])cc1.[Li+]. The van der Waals surface area contributed by atoms with E-state index in [-0.39, 0.29) is 23.8 Å². The molecule has 0 amide bonds. The molecule has 102 valence electrons. The topological polar surface area (TPSA) is 57.2 Å². The van der Waals surface area contributed by atoms with Gasteiger partial charge in [0, 0.05) is 0 Å². The van der Waals surface area contributed by atoms with Gasteiger partial charge in [-0.2, -0.15) is 0 Å². The van der Waals surface area contributed by atoms with Crippen LogP contribution < -0.4 is 18.9 Å². The normalized spacial score (nSPS) is 11.1. The molecule has 1 rings (SSSR count). The first kappa shape index (κ1) is 18.7. The predicted octanol–water partition coefficient (Wildman–Crippen LogP) is 0.498. The molecular weight excluding hydrogens is 255 g/mol. The second kappa shape index (κ2) is 9.60. The van der Waals surface area contributed by atoms with Gasteiger partial charge in [0.2, 0.25) is 0 Å². The van der Waals surface area contributed by atoms with Gasteiger partial charge in [-0.25, -0.2) is 8.42 Å². The maximum absolute atomic E-state index is 10.7. The van der Waals surface area contributed by atoms with Crippen LogP contribution in [-0.4, -0.2) is 13.0 Å². The molecule has 0 aliphatic heterocycles. The Kier molecular flexibility index (Phi) is 9.47. The van der Waals surface area contributed by atoms with Crippen LogP contribution in [0.5, 0.6) is 0 Å². The zero-order valence-electron chi connectivity index (χ0n) is 11.9. The van der Waals surface area contributed by atoms with E-state index >= 15 is 0 Å². The fraction of sp³-hybridized carbons (Fsp3) is 0.571. The molecule has 0 heterocycles. The maximum atomic E-state index is 10.7. The van der Waals surface area contributed by atoms with E-state index in [9.17, 15) is 13.0 Å². The Balaban J connectivity index is 0.00000324. The summed E-state index contributed by atoms with van der Waals surface area (Å²) in [5, 5.41) is 0. The zero-order valence-corrected chi connectivity index (χ0v) is 12.7. The molecule has 0 aliphatic carbocycles. The van der Waals surface area contributed by atoms with Crippen LogP contribution in [0.15, 0.2) is 29.2 Å². The van der Waals surface area contributed by atoms with E-state index in [4.69, 9.17) is 0 Å². The van der Waals surface area contributed by atoms with Crippen molar-refractivity contribution in [3.05, 3.63) is 29.8 Å². The maximum Gasteiger partial charge on any atom is 1.00 e. The first-order valence-corrected chi connectivity index (χ1v) is 7.99. The molecule has 0 atom stereocenters. The quantitative estimate of drug-likeness (QED) is 0.394. The molecule has 0 fully saturated rings. The van der Waals surface area contributed by atoms with Crippen LogP contribution in [0.1, 0.15) is 51.0 Å². The molecule has 0 N–H and O–H groups in total. The number of rotatable bonds is 8. The van der Waals surface area contributed by atoms with Crippen molar-refractivity contribution in [1.82, 2.24) is 0 Å².